The number of aryl methyl sites for hydroxylation is 1. The van der Waals surface area contributed by atoms with Gasteiger partial charge in [0.05, 0.1) is 13.7 Å². The van der Waals surface area contributed by atoms with Crippen molar-refractivity contribution in [2.75, 3.05) is 26.1 Å². The summed E-state index contributed by atoms with van der Waals surface area (Å²) >= 11 is 0. The topological polar surface area (TPSA) is 79.4 Å². The second-order valence-corrected chi connectivity index (χ2v) is 3.72. The average Bonchev–Trinajstić information content (AvgIpc) is 2.70. The third-order valence-electron chi connectivity index (χ3n) is 2.48. The molecule has 19 heavy (non-hydrogen) atoms. The summed E-state index contributed by atoms with van der Waals surface area (Å²) in [7, 11) is 1.23. The summed E-state index contributed by atoms with van der Waals surface area (Å²) in [5.74, 6) is 0.113. The largest absolute Gasteiger partial charge is 0.464 e. The number of nitrogen functional groups attached to an aromatic ring is 1. The van der Waals surface area contributed by atoms with Crippen molar-refractivity contribution in [3.63, 3.8) is 0 Å². The number of rotatable bonds is 7. The lowest BCUT2D eigenvalue weighted by molar-refractivity contribution is 0.0147. The van der Waals surface area contributed by atoms with E-state index in [9.17, 15) is 13.6 Å². The van der Waals surface area contributed by atoms with E-state index < -0.39 is 19.0 Å². The average molecular weight is 277 g/mol. The second-order valence-electron chi connectivity index (χ2n) is 3.72. The second kappa shape index (κ2) is 7.03. The fourth-order valence-electron chi connectivity index (χ4n) is 1.61. The van der Waals surface area contributed by atoms with Crippen LogP contribution in [0.3, 0.4) is 0 Å². The minimum absolute atomic E-state index is 0.0354. The number of imidazole rings is 1. The molecule has 0 aliphatic rings. The summed E-state index contributed by atoms with van der Waals surface area (Å²) < 4.78 is 34.7. The fourth-order valence-corrected chi connectivity index (χ4v) is 1.61. The van der Waals surface area contributed by atoms with E-state index in [0.717, 1.165) is 0 Å². The van der Waals surface area contributed by atoms with Gasteiger partial charge in [-0.05, 0) is 0 Å². The highest BCUT2D eigenvalue weighted by Crippen LogP contribution is 2.16. The summed E-state index contributed by atoms with van der Waals surface area (Å²) in [5, 5.41) is 0. The van der Waals surface area contributed by atoms with Crippen LogP contribution in [0.25, 0.3) is 0 Å². The lowest BCUT2D eigenvalue weighted by Crippen LogP contribution is -2.14. The molecule has 1 aromatic heterocycles. The van der Waals surface area contributed by atoms with E-state index in [1.165, 1.54) is 7.11 Å². The zero-order valence-corrected chi connectivity index (χ0v) is 10.9. The summed E-state index contributed by atoms with van der Waals surface area (Å²) in [5.41, 5.74) is 5.83. The monoisotopic (exact) mass is 277 g/mol. The van der Waals surface area contributed by atoms with Crippen molar-refractivity contribution in [2.45, 2.75) is 26.3 Å². The van der Waals surface area contributed by atoms with Crippen molar-refractivity contribution in [2.24, 2.45) is 0 Å². The van der Waals surface area contributed by atoms with Crippen LogP contribution in [0, 0.1) is 0 Å². The predicted octanol–water partition coefficient (Wildman–Crippen LogP) is 1.10. The number of anilines is 1. The molecule has 0 radical (unpaired) electrons. The summed E-state index contributed by atoms with van der Waals surface area (Å²) in [4.78, 5) is 15.5. The van der Waals surface area contributed by atoms with Crippen molar-refractivity contribution in [1.82, 2.24) is 9.55 Å². The van der Waals surface area contributed by atoms with Gasteiger partial charge in [0.15, 0.2) is 5.69 Å². The number of hydrogen-bond acceptors (Lipinski definition) is 5. The molecule has 0 saturated heterocycles. The third-order valence-corrected chi connectivity index (χ3v) is 2.48. The van der Waals surface area contributed by atoms with Crippen LogP contribution in [0.4, 0.5) is 14.6 Å². The highest BCUT2D eigenvalue weighted by Gasteiger charge is 2.20. The molecule has 2 N–H and O–H groups in total. The number of halogens is 2. The molecule has 0 unspecified atom stereocenters. The van der Waals surface area contributed by atoms with E-state index in [0.29, 0.717) is 12.2 Å². The fraction of sp³-hybridized carbons (Fsp3) is 0.636. The molecule has 0 spiro atoms. The number of nitrogens with zero attached hydrogens (tertiary/aromatic N) is 2. The van der Waals surface area contributed by atoms with Gasteiger partial charge < -0.3 is 19.8 Å². The SMILES string of the molecule is CCc1nc(C(=O)OC)c(N)n1CCOCC(F)F. The van der Waals surface area contributed by atoms with Gasteiger partial charge >= 0.3 is 5.97 Å². The van der Waals surface area contributed by atoms with E-state index in [4.69, 9.17) is 10.5 Å². The van der Waals surface area contributed by atoms with Crippen LogP contribution in [0.2, 0.25) is 0 Å². The third kappa shape index (κ3) is 3.88. The van der Waals surface area contributed by atoms with Crippen LogP contribution in [-0.4, -0.2) is 42.3 Å². The zero-order valence-electron chi connectivity index (χ0n) is 10.9. The zero-order chi connectivity index (χ0) is 14.4. The minimum Gasteiger partial charge on any atom is -0.464 e. The Balaban J connectivity index is 2.76. The first-order chi connectivity index (χ1) is 9.01. The molecule has 0 aliphatic carbocycles. The van der Waals surface area contributed by atoms with Gasteiger partial charge in [0.1, 0.15) is 18.2 Å². The van der Waals surface area contributed by atoms with Crippen LogP contribution >= 0.6 is 0 Å². The summed E-state index contributed by atoms with van der Waals surface area (Å²) in [6, 6.07) is 0. The molecular weight excluding hydrogens is 260 g/mol. The molecule has 0 bridgehead atoms. The summed E-state index contributed by atoms with van der Waals surface area (Å²) in [6.07, 6.45) is -1.95. The maximum Gasteiger partial charge on any atom is 0.360 e. The van der Waals surface area contributed by atoms with E-state index >= 15 is 0 Å². The van der Waals surface area contributed by atoms with Crippen molar-refractivity contribution in [3.05, 3.63) is 11.5 Å². The Morgan fingerprint density at radius 1 is 1.53 bits per heavy atom. The maximum absolute atomic E-state index is 11.9. The quantitative estimate of drug-likeness (QED) is 0.596. The molecule has 1 rings (SSSR count). The standard InChI is InChI=1S/C11H17F2N3O3/c1-3-8-15-9(11(17)18-2)10(14)16(8)4-5-19-6-7(12)13/h7H,3-6,14H2,1-2H3. The molecule has 0 saturated carbocycles. The first kappa shape index (κ1) is 15.4. The Kier molecular flexibility index (Phi) is 5.68. The normalized spacial score (nSPS) is 11.0. The van der Waals surface area contributed by atoms with Crippen LogP contribution in [0.15, 0.2) is 0 Å². The number of carbonyl (C=O) groups is 1. The number of esters is 1. The maximum atomic E-state index is 11.9. The van der Waals surface area contributed by atoms with Crippen molar-refractivity contribution in [1.29, 1.82) is 0 Å². The van der Waals surface area contributed by atoms with Crippen LogP contribution in [0.1, 0.15) is 23.2 Å². The highest BCUT2D eigenvalue weighted by molar-refractivity contribution is 5.92. The van der Waals surface area contributed by atoms with Gasteiger partial charge in [0.25, 0.3) is 6.43 Å². The lowest BCUT2D eigenvalue weighted by atomic mass is 10.4. The van der Waals surface area contributed by atoms with Crippen LogP contribution in [-0.2, 0) is 22.4 Å². The molecule has 0 amide bonds. The first-order valence-corrected chi connectivity index (χ1v) is 5.80. The number of ether oxygens (including phenoxy) is 2. The van der Waals surface area contributed by atoms with Gasteiger partial charge in [-0.2, -0.15) is 0 Å². The van der Waals surface area contributed by atoms with Gasteiger partial charge in [0.2, 0.25) is 0 Å². The smallest absolute Gasteiger partial charge is 0.360 e. The van der Waals surface area contributed by atoms with Gasteiger partial charge in [-0.3, -0.25) is 0 Å². The van der Waals surface area contributed by atoms with Crippen molar-refractivity contribution in [3.8, 4) is 0 Å². The van der Waals surface area contributed by atoms with Gasteiger partial charge in [-0.15, -0.1) is 0 Å². The van der Waals surface area contributed by atoms with Gasteiger partial charge in [-0.1, -0.05) is 6.92 Å². The van der Waals surface area contributed by atoms with E-state index in [1.54, 1.807) is 4.57 Å². The number of carbonyl (C=O) groups excluding carboxylic acids is 1. The van der Waals surface area contributed by atoms with Gasteiger partial charge in [0, 0.05) is 13.0 Å². The van der Waals surface area contributed by atoms with E-state index in [-0.39, 0.29) is 24.7 Å². The number of hydrogen-bond donors (Lipinski definition) is 1. The Morgan fingerprint density at radius 3 is 2.74 bits per heavy atom. The Labute approximate surface area is 109 Å². The first-order valence-electron chi connectivity index (χ1n) is 5.80. The number of alkyl halides is 2. The number of aromatic nitrogens is 2. The number of methoxy groups -OCH3 is 1. The molecular formula is C11H17F2N3O3. The molecule has 0 aliphatic heterocycles. The van der Waals surface area contributed by atoms with Crippen molar-refractivity contribution >= 4 is 11.8 Å². The molecule has 0 fully saturated rings. The molecule has 0 atom stereocenters. The Morgan fingerprint density at radius 2 is 2.21 bits per heavy atom. The minimum atomic E-state index is -2.50. The molecule has 1 aromatic rings. The molecule has 8 heteroatoms. The molecule has 1 heterocycles. The lowest BCUT2D eigenvalue weighted by Gasteiger charge is -2.09. The Bertz CT molecular complexity index is 435. The molecule has 0 aromatic carbocycles. The van der Waals surface area contributed by atoms with Crippen LogP contribution in [0.5, 0.6) is 0 Å². The van der Waals surface area contributed by atoms with Crippen molar-refractivity contribution < 1.29 is 23.0 Å². The Hall–Kier alpha value is -1.70. The number of nitrogens with two attached hydrogens (primary N) is 1. The van der Waals surface area contributed by atoms with E-state index in [1.807, 2.05) is 6.92 Å². The molecule has 6 nitrogen and oxygen atoms in total. The van der Waals surface area contributed by atoms with Crippen LogP contribution < -0.4 is 5.73 Å². The van der Waals surface area contributed by atoms with Gasteiger partial charge in [-0.25, -0.2) is 18.6 Å². The molecule has 108 valence electrons. The van der Waals surface area contributed by atoms with E-state index in [2.05, 4.69) is 9.72 Å². The summed E-state index contributed by atoms with van der Waals surface area (Å²) in [6.45, 7) is 1.55. The predicted molar refractivity (Wildman–Crippen MR) is 64.2 cm³/mol. The highest BCUT2D eigenvalue weighted by atomic mass is 19.3.